The molecular weight excluding hydrogens is 248 g/mol. The molecule has 0 radical (unpaired) electrons. The smallest absolute Gasteiger partial charge is 0.130 e. The van der Waals surface area contributed by atoms with Gasteiger partial charge in [0.25, 0.3) is 0 Å². The number of aryl methyl sites for hydroxylation is 1. The van der Waals surface area contributed by atoms with Gasteiger partial charge in [0.1, 0.15) is 12.1 Å². The van der Waals surface area contributed by atoms with E-state index in [1.165, 1.54) is 17.7 Å². The van der Waals surface area contributed by atoms with Gasteiger partial charge >= 0.3 is 0 Å². The predicted octanol–water partition coefficient (Wildman–Crippen LogP) is 2.87. The summed E-state index contributed by atoms with van der Waals surface area (Å²) in [6.07, 6.45) is 8.83. The topological polar surface area (TPSA) is 64.7 Å². The Morgan fingerprint density at radius 3 is 3.00 bits per heavy atom. The number of nitrogen functional groups attached to an aromatic ring is 1. The van der Waals surface area contributed by atoms with E-state index in [9.17, 15) is 0 Å². The molecule has 0 spiro atoms. The Hall–Kier alpha value is -1.97. The Labute approximate surface area is 119 Å². The standard InChI is InChI=1S/C16H20N4/c1-2-5-13-15(19-10-20-16(13)17)12-8-3-6-11-7-4-9-18-14(11)12/h4,7,9-10,12H,2-3,5-6,8H2,1H3,(H2,17,19,20). The van der Waals surface area contributed by atoms with Crippen molar-refractivity contribution in [3.63, 3.8) is 0 Å². The van der Waals surface area contributed by atoms with Crippen molar-refractivity contribution >= 4 is 5.82 Å². The highest BCUT2D eigenvalue weighted by atomic mass is 14.9. The van der Waals surface area contributed by atoms with E-state index in [0.717, 1.165) is 36.9 Å². The van der Waals surface area contributed by atoms with E-state index in [1.807, 2.05) is 12.3 Å². The number of hydrogen-bond donors (Lipinski definition) is 1. The van der Waals surface area contributed by atoms with Crippen LogP contribution in [0, 0.1) is 0 Å². The van der Waals surface area contributed by atoms with Crippen LogP contribution in [-0.2, 0) is 12.8 Å². The maximum absolute atomic E-state index is 6.06. The Balaban J connectivity index is 2.08. The van der Waals surface area contributed by atoms with E-state index in [2.05, 4.69) is 27.9 Å². The molecular formula is C16H20N4. The zero-order chi connectivity index (χ0) is 13.9. The third kappa shape index (κ3) is 2.26. The first-order valence-corrected chi connectivity index (χ1v) is 7.34. The first kappa shape index (κ1) is 13.0. The van der Waals surface area contributed by atoms with Crippen LogP contribution >= 0.6 is 0 Å². The van der Waals surface area contributed by atoms with Crippen molar-refractivity contribution in [1.29, 1.82) is 0 Å². The van der Waals surface area contributed by atoms with E-state index in [4.69, 9.17) is 5.73 Å². The summed E-state index contributed by atoms with van der Waals surface area (Å²) in [5, 5.41) is 0. The van der Waals surface area contributed by atoms with Crippen molar-refractivity contribution in [2.75, 3.05) is 5.73 Å². The number of nitrogens with zero attached hydrogens (tertiary/aromatic N) is 3. The highest BCUT2D eigenvalue weighted by Gasteiger charge is 2.26. The maximum atomic E-state index is 6.06. The maximum Gasteiger partial charge on any atom is 0.130 e. The van der Waals surface area contributed by atoms with Crippen LogP contribution in [0.4, 0.5) is 5.82 Å². The molecule has 20 heavy (non-hydrogen) atoms. The first-order valence-electron chi connectivity index (χ1n) is 7.34. The van der Waals surface area contributed by atoms with E-state index in [1.54, 1.807) is 6.33 Å². The molecule has 1 aliphatic rings. The van der Waals surface area contributed by atoms with Crippen LogP contribution in [0.2, 0.25) is 0 Å². The Morgan fingerprint density at radius 1 is 1.25 bits per heavy atom. The van der Waals surface area contributed by atoms with Crippen molar-refractivity contribution in [3.05, 3.63) is 47.2 Å². The molecule has 4 nitrogen and oxygen atoms in total. The molecule has 2 aromatic rings. The molecule has 0 fully saturated rings. The van der Waals surface area contributed by atoms with Crippen molar-refractivity contribution in [1.82, 2.24) is 15.0 Å². The van der Waals surface area contributed by atoms with Gasteiger partial charge in [-0.1, -0.05) is 19.4 Å². The average Bonchev–Trinajstić information content (AvgIpc) is 2.49. The lowest BCUT2D eigenvalue weighted by Gasteiger charge is -2.25. The lowest BCUT2D eigenvalue weighted by Crippen LogP contribution is -2.17. The fraction of sp³-hybridized carbons (Fsp3) is 0.438. The summed E-state index contributed by atoms with van der Waals surface area (Å²) < 4.78 is 0. The molecule has 0 aliphatic heterocycles. The molecule has 4 heteroatoms. The molecule has 1 unspecified atom stereocenters. The van der Waals surface area contributed by atoms with Crippen molar-refractivity contribution < 1.29 is 0 Å². The summed E-state index contributed by atoms with van der Waals surface area (Å²) in [5.74, 6) is 0.895. The number of pyridine rings is 1. The number of fused-ring (bicyclic) bond motifs is 1. The number of hydrogen-bond acceptors (Lipinski definition) is 4. The lowest BCUT2D eigenvalue weighted by molar-refractivity contribution is 0.581. The van der Waals surface area contributed by atoms with Gasteiger partial charge in [-0.2, -0.15) is 0 Å². The average molecular weight is 268 g/mol. The fourth-order valence-electron chi connectivity index (χ4n) is 3.12. The van der Waals surface area contributed by atoms with Gasteiger partial charge in [0.05, 0.1) is 11.4 Å². The molecule has 104 valence electrons. The zero-order valence-corrected chi connectivity index (χ0v) is 11.8. The van der Waals surface area contributed by atoms with Crippen LogP contribution in [0.25, 0.3) is 0 Å². The van der Waals surface area contributed by atoms with Crippen LogP contribution < -0.4 is 5.73 Å². The molecule has 0 amide bonds. The SMILES string of the molecule is CCCc1c(N)ncnc1C1CCCc2cccnc21. The molecule has 0 saturated carbocycles. The normalized spacial score (nSPS) is 17.8. The van der Waals surface area contributed by atoms with E-state index in [-0.39, 0.29) is 5.92 Å². The molecule has 0 saturated heterocycles. The van der Waals surface area contributed by atoms with Crippen molar-refractivity contribution in [3.8, 4) is 0 Å². The second-order valence-corrected chi connectivity index (χ2v) is 5.37. The minimum atomic E-state index is 0.270. The van der Waals surface area contributed by atoms with Crippen LogP contribution in [0.1, 0.15) is 54.6 Å². The summed E-state index contributed by atoms with van der Waals surface area (Å²) in [5.41, 5.74) is 10.8. The van der Waals surface area contributed by atoms with Gasteiger partial charge in [0, 0.05) is 17.7 Å². The zero-order valence-electron chi connectivity index (χ0n) is 11.8. The van der Waals surface area contributed by atoms with Gasteiger partial charge in [0.2, 0.25) is 0 Å². The Kier molecular flexibility index (Phi) is 3.63. The number of anilines is 1. The fourth-order valence-corrected chi connectivity index (χ4v) is 3.12. The number of rotatable bonds is 3. The van der Waals surface area contributed by atoms with Crippen molar-refractivity contribution in [2.45, 2.75) is 44.9 Å². The van der Waals surface area contributed by atoms with E-state index in [0.29, 0.717) is 5.82 Å². The predicted molar refractivity (Wildman–Crippen MR) is 79.5 cm³/mol. The number of aromatic nitrogens is 3. The number of nitrogens with two attached hydrogens (primary N) is 1. The second-order valence-electron chi connectivity index (χ2n) is 5.37. The van der Waals surface area contributed by atoms with Crippen LogP contribution in [-0.4, -0.2) is 15.0 Å². The Morgan fingerprint density at radius 2 is 2.15 bits per heavy atom. The van der Waals surface area contributed by atoms with Crippen LogP contribution in [0.15, 0.2) is 24.7 Å². The van der Waals surface area contributed by atoms with Gasteiger partial charge < -0.3 is 5.73 Å². The van der Waals surface area contributed by atoms with E-state index < -0.39 is 0 Å². The minimum absolute atomic E-state index is 0.270. The Bertz CT molecular complexity index is 609. The van der Waals surface area contributed by atoms with Gasteiger partial charge in [-0.3, -0.25) is 4.98 Å². The molecule has 1 aliphatic carbocycles. The van der Waals surface area contributed by atoms with Crippen LogP contribution in [0.5, 0.6) is 0 Å². The van der Waals surface area contributed by atoms with Gasteiger partial charge in [0.15, 0.2) is 0 Å². The molecule has 2 aromatic heterocycles. The summed E-state index contributed by atoms with van der Waals surface area (Å²) >= 11 is 0. The highest BCUT2D eigenvalue weighted by Crippen LogP contribution is 2.36. The molecule has 0 bridgehead atoms. The summed E-state index contributed by atoms with van der Waals surface area (Å²) in [6, 6.07) is 4.20. The van der Waals surface area contributed by atoms with E-state index >= 15 is 0 Å². The lowest BCUT2D eigenvalue weighted by atomic mass is 9.82. The third-order valence-electron chi connectivity index (χ3n) is 4.04. The summed E-state index contributed by atoms with van der Waals surface area (Å²) in [6.45, 7) is 2.16. The monoisotopic (exact) mass is 268 g/mol. The van der Waals surface area contributed by atoms with Gasteiger partial charge in [-0.15, -0.1) is 0 Å². The van der Waals surface area contributed by atoms with Gasteiger partial charge in [-0.25, -0.2) is 9.97 Å². The third-order valence-corrected chi connectivity index (χ3v) is 4.04. The highest BCUT2D eigenvalue weighted by molar-refractivity contribution is 5.46. The minimum Gasteiger partial charge on any atom is -0.383 e. The summed E-state index contributed by atoms with van der Waals surface area (Å²) in [7, 11) is 0. The summed E-state index contributed by atoms with van der Waals surface area (Å²) in [4.78, 5) is 13.3. The van der Waals surface area contributed by atoms with Gasteiger partial charge in [-0.05, 0) is 37.3 Å². The second kappa shape index (κ2) is 5.57. The molecule has 0 aromatic carbocycles. The largest absolute Gasteiger partial charge is 0.383 e. The molecule has 1 atom stereocenters. The molecule has 2 heterocycles. The molecule has 2 N–H and O–H groups in total. The first-order chi connectivity index (χ1) is 9.81. The van der Waals surface area contributed by atoms with Crippen LogP contribution in [0.3, 0.4) is 0 Å². The van der Waals surface area contributed by atoms with Crippen molar-refractivity contribution in [2.24, 2.45) is 0 Å². The molecule has 3 rings (SSSR count). The quantitative estimate of drug-likeness (QED) is 0.929.